The van der Waals surface area contributed by atoms with E-state index < -0.39 is 41.8 Å². The number of ether oxygens (including phenoxy) is 3. The van der Waals surface area contributed by atoms with Crippen LogP contribution >= 0.6 is 22.6 Å². The Balaban J connectivity index is 1.77. The van der Waals surface area contributed by atoms with Gasteiger partial charge in [0, 0.05) is 30.6 Å². The number of aliphatic hydroxyl groups is 3. The van der Waals surface area contributed by atoms with Gasteiger partial charge in [0.15, 0.2) is 11.5 Å². The Hall–Kier alpha value is -3.86. The van der Waals surface area contributed by atoms with Crippen molar-refractivity contribution in [1.29, 1.82) is 0 Å². The minimum atomic E-state index is -4.61. The Morgan fingerprint density at radius 2 is 1.71 bits per heavy atom. The lowest BCUT2D eigenvalue weighted by atomic mass is 9.87. The lowest BCUT2D eigenvalue weighted by Crippen LogP contribution is -2.55. The van der Waals surface area contributed by atoms with Crippen molar-refractivity contribution in [3.8, 4) is 17.2 Å². The van der Waals surface area contributed by atoms with Crippen LogP contribution in [0.15, 0.2) is 72.3 Å². The fraction of sp³-hybridized carbons (Fsp3) is 0.353. The molecule has 0 aromatic heterocycles. The number of hydrogen-bond acceptors (Lipinski definition) is 8. The Bertz CT molecular complexity index is 1620. The van der Waals surface area contributed by atoms with Gasteiger partial charge in [0.05, 0.1) is 42.6 Å². The lowest BCUT2D eigenvalue weighted by molar-refractivity contribution is -0.137. The highest BCUT2D eigenvalue weighted by molar-refractivity contribution is 14.1. The quantitative estimate of drug-likeness (QED) is 0.190. The molecular formula is C34H36F3IN2O8. The zero-order chi connectivity index (χ0) is 35.0. The molecule has 0 fully saturated rings. The van der Waals surface area contributed by atoms with E-state index in [1.807, 2.05) is 22.6 Å². The summed E-state index contributed by atoms with van der Waals surface area (Å²) in [6, 6.07) is 13.1. The molecule has 4 N–H and O–H groups in total. The molecule has 0 bridgehead atoms. The normalized spacial score (nSPS) is 17.7. The zero-order valence-corrected chi connectivity index (χ0v) is 28.3. The number of rotatable bonds is 13. The van der Waals surface area contributed by atoms with Crippen LogP contribution in [0.3, 0.4) is 0 Å². The van der Waals surface area contributed by atoms with Crippen LogP contribution < -0.4 is 19.5 Å². The number of nitrogens with one attached hydrogen (secondary N) is 1. The molecule has 4 rings (SSSR count). The summed E-state index contributed by atoms with van der Waals surface area (Å²) in [5.74, 6) is -0.187. The van der Waals surface area contributed by atoms with Crippen molar-refractivity contribution in [2.24, 2.45) is 0 Å². The van der Waals surface area contributed by atoms with Gasteiger partial charge in [-0.3, -0.25) is 9.59 Å². The largest absolute Gasteiger partial charge is 0.496 e. The van der Waals surface area contributed by atoms with E-state index in [1.54, 1.807) is 36.4 Å². The number of para-hydroxylation sites is 1. The van der Waals surface area contributed by atoms with Gasteiger partial charge in [0.2, 0.25) is 5.91 Å². The summed E-state index contributed by atoms with van der Waals surface area (Å²) >= 11 is 1.99. The summed E-state index contributed by atoms with van der Waals surface area (Å²) in [5, 5.41) is 33.4. The Morgan fingerprint density at radius 3 is 2.33 bits per heavy atom. The van der Waals surface area contributed by atoms with Crippen molar-refractivity contribution in [3.05, 3.63) is 98.1 Å². The van der Waals surface area contributed by atoms with Gasteiger partial charge in [-0.2, -0.15) is 13.2 Å². The number of carbonyl (C=O) groups excluding carboxylic acids is 2. The number of alkyl halides is 3. The topological polar surface area (TPSA) is 138 Å². The Morgan fingerprint density at radius 1 is 1.02 bits per heavy atom. The molecule has 3 atom stereocenters. The third-order valence-corrected chi connectivity index (χ3v) is 8.68. The maximum absolute atomic E-state index is 14.1. The standard InChI is InChI=1S/C34H36F3IN2O8/c1-46-27-6-4-3-5-21(27)11-13-40(33(45)22-7-9-24(10-8-22)34(35,36)37)26-17-23(32(44)39-12-14-41)18-28(30(26)43)48-31-25(38)15-20(19-42)16-29(31)47-2/h3-10,15-16,18,26,28,30,41-43H,11-14,17,19H2,1-2H3,(H,39,44). The Kier molecular flexibility index (Phi) is 12.7. The van der Waals surface area contributed by atoms with E-state index in [0.717, 1.165) is 29.8 Å². The molecular weight excluding hydrogens is 748 g/mol. The van der Waals surface area contributed by atoms with Crippen molar-refractivity contribution in [2.45, 2.75) is 43.9 Å². The number of amides is 2. The van der Waals surface area contributed by atoms with Crippen LogP contribution in [0.4, 0.5) is 13.2 Å². The average molecular weight is 785 g/mol. The van der Waals surface area contributed by atoms with Crippen molar-refractivity contribution in [2.75, 3.05) is 33.9 Å². The van der Waals surface area contributed by atoms with Crippen molar-refractivity contribution < 1.29 is 52.3 Å². The summed E-state index contributed by atoms with van der Waals surface area (Å²) in [6.45, 7) is -0.643. The number of aliphatic hydroxyl groups excluding tert-OH is 3. The summed E-state index contributed by atoms with van der Waals surface area (Å²) in [4.78, 5) is 28.7. The van der Waals surface area contributed by atoms with E-state index in [1.165, 1.54) is 25.2 Å². The van der Waals surface area contributed by atoms with E-state index in [2.05, 4.69) is 5.32 Å². The second-order valence-corrected chi connectivity index (χ2v) is 12.1. The molecule has 48 heavy (non-hydrogen) atoms. The molecule has 3 unspecified atom stereocenters. The first-order chi connectivity index (χ1) is 22.9. The molecule has 1 aliphatic carbocycles. The number of halogens is 4. The molecule has 2 amide bonds. The molecule has 10 nitrogen and oxygen atoms in total. The van der Waals surface area contributed by atoms with Crippen molar-refractivity contribution in [1.82, 2.24) is 10.2 Å². The summed E-state index contributed by atoms with van der Waals surface area (Å²) in [7, 11) is 2.91. The lowest BCUT2D eigenvalue weighted by Gasteiger charge is -2.41. The van der Waals surface area contributed by atoms with Gasteiger partial charge in [-0.15, -0.1) is 0 Å². The van der Waals surface area contributed by atoms with Crippen LogP contribution in [-0.4, -0.2) is 84.2 Å². The summed E-state index contributed by atoms with van der Waals surface area (Å²) in [6.07, 6.45) is -5.68. The minimum absolute atomic E-state index is 0.00767. The Labute approximate surface area is 289 Å². The van der Waals surface area contributed by atoms with Crippen LogP contribution in [0, 0.1) is 3.57 Å². The first-order valence-corrected chi connectivity index (χ1v) is 16.0. The second-order valence-electron chi connectivity index (χ2n) is 10.9. The SMILES string of the molecule is COc1ccccc1CCN(C(=O)c1ccc(C(F)(F)F)cc1)C1CC(C(=O)NCCO)=CC(Oc2c(I)cc(CO)cc2OC)C1O. The van der Waals surface area contributed by atoms with Crippen LogP contribution in [0.1, 0.15) is 33.5 Å². The molecule has 0 saturated heterocycles. The number of benzene rings is 3. The molecule has 0 heterocycles. The van der Waals surface area contributed by atoms with Crippen molar-refractivity contribution in [3.63, 3.8) is 0 Å². The molecule has 3 aromatic rings. The average Bonchev–Trinajstić information content (AvgIpc) is 3.08. The molecule has 258 valence electrons. The van der Waals surface area contributed by atoms with Crippen LogP contribution in [0.25, 0.3) is 0 Å². The summed E-state index contributed by atoms with van der Waals surface area (Å²) in [5.41, 5.74) is 0.474. The van der Waals surface area contributed by atoms with Gasteiger partial charge in [-0.05, 0) is 88.7 Å². The third kappa shape index (κ3) is 8.78. The van der Waals surface area contributed by atoms with Gasteiger partial charge in [-0.1, -0.05) is 18.2 Å². The molecule has 14 heteroatoms. The third-order valence-electron chi connectivity index (χ3n) is 7.88. The monoisotopic (exact) mass is 784 g/mol. The van der Waals surface area contributed by atoms with E-state index in [9.17, 15) is 38.1 Å². The van der Waals surface area contributed by atoms with Gasteiger partial charge in [0.25, 0.3) is 5.91 Å². The van der Waals surface area contributed by atoms with E-state index in [0.29, 0.717) is 14.9 Å². The van der Waals surface area contributed by atoms with Crippen LogP contribution in [0.2, 0.25) is 0 Å². The summed E-state index contributed by atoms with van der Waals surface area (Å²) < 4.78 is 57.7. The van der Waals surface area contributed by atoms with Gasteiger partial charge < -0.3 is 39.7 Å². The molecule has 1 aliphatic rings. The first-order valence-electron chi connectivity index (χ1n) is 14.9. The fourth-order valence-corrected chi connectivity index (χ4v) is 6.22. The number of carbonyl (C=O) groups is 2. The fourth-order valence-electron chi connectivity index (χ4n) is 5.43. The van der Waals surface area contributed by atoms with Gasteiger partial charge >= 0.3 is 6.18 Å². The smallest absolute Gasteiger partial charge is 0.416 e. The maximum atomic E-state index is 14.1. The molecule has 0 radical (unpaired) electrons. The van der Waals surface area contributed by atoms with Gasteiger partial charge in [0.1, 0.15) is 18.0 Å². The predicted octanol–water partition coefficient (Wildman–Crippen LogP) is 4.12. The number of nitrogens with zero attached hydrogens (tertiary/aromatic N) is 1. The van der Waals surface area contributed by atoms with E-state index in [-0.39, 0.29) is 61.8 Å². The van der Waals surface area contributed by atoms with Crippen LogP contribution in [-0.2, 0) is 24.0 Å². The predicted molar refractivity (Wildman–Crippen MR) is 178 cm³/mol. The molecule has 0 spiro atoms. The minimum Gasteiger partial charge on any atom is -0.496 e. The highest BCUT2D eigenvalue weighted by Crippen LogP contribution is 2.38. The molecule has 3 aromatic carbocycles. The number of hydrogen-bond donors (Lipinski definition) is 4. The second kappa shape index (κ2) is 16.5. The zero-order valence-electron chi connectivity index (χ0n) is 26.2. The maximum Gasteiger partial charge on any atom is 0.416 e. The number of methoxy groups -OCH3 is 2. The molecule has 0 saturated carbocycles. The van der Waals surface area contributed by atoms with Crippen LogP contribution in [0.5, 0.6) is 17.2 Å². The molecule has 0 aliphatic heterocycles. The highest BCUT2D eigenvalue weighted by Gasteiger charge is 2.41. The van der Waals surface area contributed by atoms with E-state index in [4.69, 9.17) is 14.2 Å². The van der Waals surface area contributed by atoms with E-state index >= 15 is 0 Å². The van der Waals surface area contributed by atoms with Gasteiger partial charge in [-0.25, -0.2) is 0 Å². The first kappa shape index (κ1) is 37.0. The highest BCUT2D eigenvalue weighted by atomic mass is 127. The van der Waals surface area contributed by atoms with Crippen molar-refractivity contribution >= 4 is 34.4 Å².